The van der Waals surface area contributed by atoms with Gasteiger partial charge in [0.15, 0.2) is 0 Å². The van der Waals surface area contributed by atoms with Crippen molar-refractivity contribution in [1.82, 2.24) is 5.32 Å². The van der Waals surface area contributed by atoms with Crippen LogP contribution in [0.5, 0.6) is 0 Å². The molecule has 2 amide bonds. The molecule has 0 aromatic heterocycles. The van der Waals surface area contributed by atoms with Crippen LogP contribution in [-0.4, -0.2) is 22.8 Å². The number of amides is 2. The third-order valence-corrected chi connectivity index (χ3v) is 3.54. The Morgan fingerprint density at radius 3 is 2.00 bits per heavy atom. The summed E-state index contributed by atoms with van der Waals surface area (Å²) < 4.78 is 0. The fraction of sp³-hybridized carbons (Fsp3) is 0.769. The lowest BCUT2D eigenvalue weighted by Gasteiger charge is -2.32. The highest BCUT2D eigenvalue weighted by Crippen LogP contribution is 2.31. The Morgan fingerprint density at radius 2 is 1.68 bits per heavy atom. The molecule has 0 rings (SSSR count). The molecule has 0 bridgehead atoms. The molecular weight excluding hydrogens is 262 g/mol. The highest BCUT2D eigenvalue weighted by molar-refractivity contribution is 7.80. The number of carbonyl (C=O) groups excluding carboxylic acids is 2. The molecule has 6 heteroatoms. The van der Waals surface area contributed by atoms with Gasteiger partial charge in [0, 0.05) is 12.5 Å². The fourth-order valence-corrected chi connectivity index (χ4v) is 2.58. The number of thiocarbonyl (C=S) groups is 1. The molecule has 19 heavy (non-hydrogen) atoms. The molecule has 0 spiro atoms. The fourth-order valence-electron chi connectivity index (χ4n) is 2.28. The first-order valence-corrected chi connectivity index (χ1v) is 7.10. The molecule has 0 aliphatic heterocycles. The van der Waals surface area contributed by atoms with Crippen LogP contribution in [0.1, 0.15) is 52.9 Å². The van der Waals surface area contributed by atoms with Gasteiger partial charge in [0.2, 0.25) is 11.8 Å². The number of rotatable bonds is 9. The molecule has 0 fully saturated rings. The smallest absolute Gasteiger partial charge is 0.233 e. The Morgan fingerprint density at radius 1 is 1.21 bits per heavy atom. The summed E-state index contributed by atoms with van der Waals surface area (Å²) >= 11 is 5.10. The molecule has 110 valence electrons. The largest absolute Gasteiger partial charge is 0.392 e. The Bertz CT molecular complexity index is 339. The van der Waals surface area contributed by atoms with Gasteiger partial charge in [0.05, 0.1) is 10.4 Å². The molecular formula is C13H25N3O2S. The summed E-state index contributed by atoms with van der Waals surface area (Å²) in [5.74, 6) is -0.642. The van der Waals surface area contributed by atoms with Crippen LogP contribution in [0.3, 0.4) is 0 Å². The normalized spacial score (nSPS) is 12.8. The summed E-state index contributed by atoms with van der Waals surface area (Å²) in [6.07, 6.45) is 2.97. The second-order valence-corrected chi connectivity index (χ2v) is 5.43. The Kier molecular flexibility index (Phi) is 7.59. The van der Waals surface area contributed by atoms with Gasteiger partial charge in [-0.2, -0.15) is 0 Å². The van der Waals surface area contributed by atoms with Crippen molar-refractivity contribution in [3.05, 3.63) is 0 Å². The van der Waals surface area contributed by atoms with E-state index in [4.69, 9.17) is 23.7 Å². The molecule has 0 saturated carbocycles. The molecule has 1 unspecified atom stereocenters. The van der Waals surface area contributed by atoms with Crippen molar-refractivity contribution in [2.75, 3.05) is 0 Å². The SMILES string of the molecule is CCCC(CCC)(C(=O)NC(C)CC(N)=O)C(N)=S. The third-order valence-electron chi connectivity index (χ3n) is 3.14. The van der Waals surface area contributed by atoms with Crippen molar-refractivity contribution in [3.8, 4) is 0 Å². The lowest BCUT2D eigenvalue weighted by molar-refractivity contribution is -0.129. The average Bonchev–Trinajstić information content (AvgIpc) is 2.26. The second-order valence-electron chi connectivity index (χ2n) is 4.99. The topological polar surface area (TPSA) is 98.2 Å². The van der Waals surface area contributed by atoms with Gasteiger partial charge in [-0.15, -0.1) is 0 Å². The Hall–Kier alpha value is -1.17. The van der Waals surface area contributed by atoms with Gasteiger partial charge < -0.3 is 16.8 Å². The number of hydrogen-bond donors (Lipinski definition) is 3. The highest BCUT2D eigenvalue weighted by atomic mass is 32.1. The Labute approximate surface area is 120 Å². The van der Waals surface area contributed by atoms with Crippen LogP contribution in [0.4, 0.5) is 0 Å². The van der Waals surface area contributed by atoms with Gasteiger partial charge in [-0.25, -0.2) is 0 Å². The van der Waals surface area contributed by atoms with Crippen LogP contribution in [0, 0.1) is 5.41 Å². The van der Waals surface area contributed by atoms with E-state index < -0.39 is 11.3 Å². The molecule has 0 heterocycles. The zero-order valence-electron chi connectivity index (χ0n) is 12.0. The van der Waals surface area contributed by atoms with E-state index in [0.717, 1.165) is 12.8 Å². The molecule has 0 aliphatic rings. The maximum atomic E-state index is 12.4. The minimum absolute atomic E-state index is 0.109. The second kappa shape index (κ2) is 8.09. The lowest BCUT2D eigenvalue weighted by Crippen LogP contribution is -2.51. The van der Waals surface area contributed by atoms with E-state index in [-0.39, 0.29) is 23.4 Å². The summed E-state index contributed by atoms with van der Waals surface area (Å²) in [6, 6.07) is -0.313. The van der Waals surface area contributed by atoms with Crippen molar-refractivity contribution in [2.45, 2.75) is 58.9 Å². The van der Waals surface area contributed by atoms with E-state index in [1.165, 1.54) is 0 Å². The van der Waals surface area contributed by atoms with Gasteiger partial charge in [-0.1, -0.05) is 38.9 Å². The quantitative estimate of drug-likeness (QED) is 0.556. The summed E-state index contributed by atoms with van der Waals surface area (Å²) in [4.78, 5) is 23.5. The predicted octanol–water partition coefficient (Wildman–Crippen LogP) is 1.24. The van der Waals surface area contributed by atoms with E-state index in [0.29, 0.717) is 12.8 Å². The molecule has 0 saturated heterocycles. The van der Waals surface area contributed by atoms with E-state index in [2.05, 4.69) is 5.32 Å². The molecule has 5 nitrogen and oxygen atoms in total. The summed E-state index contributed by atoms with van der Waals surface area (Å²) in [5.41, 5.74) is 10.1. The van der Waals surface area contributed by atoms with Crippen LogP contribution in [0.2, 0.25) is 0 Å². The van der Waals surface area contributed by atoms with Crippen molar-refractivity contribution in [3.63, 3.8) is 0 Å². The van der Waals surface area contributed by atoms with Gasteiger partial charge in [-0.3, -0.25) is 9.59 Å². The lowest BCUT2D eigenvalue weighted by atomic mass is 9.78. The Balaban J connectivity index is 4.98. The van der Waals surface area contributed by atoms with Gasteiger partial charge in [0.25, 0.3) is 0 Å². The van der Waals surface area contributed by atoms with E-state index in [9.17, 15) is 9.59 Å². The van der Waals surface area contributed by atoms with Crippen molar-refractivity contribution >= 4 is 29.0 Å². The molecule has 0 aromatic rings. The standard InChI is InChI=1S/C13H25N3O2S/c1-4-6-13(7-5-2,11(15)19)12(18)16-9(3)8-10(14)17/h9H,4-8H2,1-3H3,(H2,14,17)(H2,15,19)(H,16,18). The first-order chi connectivity index (χ1) is 8.80. The molecule has 0 aromatic carbocycles. The summed E-state index contributed by atoms with van der Waals surface area (Å²) in [6.45, 7) is 5.72. The zero-order chi connectivity index (χ0) is 15.1. The first-order valence-electron chi connectivity index (χ1n) is 6.69. The van der Waals surface area contributed by atoms with Crippen LogP contribution in [0.25, 0.3) is 0 Å². The van der Waals surface area contributed by atoms with Crippen LogP contribution in [0.15, 0.2) is 0 Å². The zero-order valence-corrected chi connectivity index (χ0v) is 12.8. The number of nitrogens with two attached hydrogens (primary N) is 2. The van der Waals surface area contributed by atoms with Gasteiger partial charge >= 0.3 is 0 Å². The van der Waals surface area contributed by atoms with E-state index in [1.54, 1.807) is 6.92 Å². The van der Waals surface area contributed by atoms with E-state index in [1.807, 2.05) is 13.8 Å². The molecule has 0 aliphatic carbocycles. The summed E-state index contributed by atoms with van der Waals surface area (Å²) in [7, 11) is 0. The first kappa shape index (κ1) is 17.8. The molecule has 1 atom stereocenters. The minimum Gasteiger partial charge on any atom is -0.392 e. The summed E-state index contributed by atoms with van der Waals surface area (Å²) in [5, 5.41) is 2.80. The number of hydrogen-bond acceptors (Lipinski definition) is 3. The van der Waals surface area contributed by atoms with Crippen molar-refractivity contribution < 1.29 is 9.59 Å². The van der Waals surface area contributed by atoms with Gasteiger partial charge in [-0.05, 0) is 19.8 Å². The molecule has 0 radical (unpaired) electrons. The average molecular weight is 287 g/mol. The number of nitrogens with one attached hydrogen (secondary N) is 1. The van der Waals surface area contributed by atoms with Crippen molar-refractivity contribution in [2.24, 2.45) is 16.9 Å². The van der Waals surface area contributed by atoms with Gasteiger partial charge in [0.1, 0.15) is 0 Å². The van der Waals surface area contributed by atoms with Crippen LogP contribution >= 0.6 is 12.2 Å². The number of primary amides is 1. The maximum Gasteiger partial charge on any atom is 0.233 e. The van der Waals surface area contributed by atoms with Crippen molar-refractivity contribution in [1.29, 1.82) is 0 Å². The highest BCUT2D eigenvalue weighted by Gasteiger charge is 2.40. The maximum absolute atomic E-state index is 12.4. The monoisotopic (exact) mass is 287 g/mol. The van der Waals surface area contributed by atoms with Crippen LogP contribution in [-0.2, 0) is 9.59 Å². The van der Waals surface area contributed by atoms with Crippen LogP contribution < -0.4 is 16.8 Å². The minimum atomic E-state index is -0.815. The molecule has 5 N–H and O–H groups in total. The predicted molar refractivity (Wildman–Crippen MR) is 80.5 cm³/mol. The number of carbonyl (C=O) groups is 2. The van der Waals surface area contributed by atoms with E-state index >= 15 is 0 Å². The third kappa shape index (κ3) is 5.14.